The number of amides is 2. The van der Waals surface area contributed by atoms with E-state index in [0.29, 0.717) is 12.5 Å². The predicted molar refractivity (Wildman–Crippen MR) is 79.9 cm³/mol. The summed E-state index contributed by atoms with van der Waals surface area (Å²) in [7, 11) is 1.35. The molecular weight excluding hydrogens is 272 g/mol. The Morgan fingerprint density at radius 2 is 2.05 bits per heavy atom. The van der Waals surface area contributed by atoms with Crippen molar-refractivity contribution in [1.82, 2.24) is 10.6 Å². The van der Waals surface area contributed by atoms with Gasteiger partial charge in [0.2, 0.25) is 0 Å². The number of carbonyl (C=O) groups excluding carboxylic acids is 2. The molecule has 0 aromatic heterocycles. The summed E-state index contributed by atoms with van der Waals surface area (Å²) in [6.45, 7) is 8.62. The van der Waals surface area contributed by atoms with E-state index in [1.807, 2.05) is 0 Å². The number of ether oxygens (including phenoxy) is 2. The first-order valence-electron chi connectivity index (χ1n) is 7.50. The molecule has 1 aliphatic heterocycles. The van der Waals surface area contributed by atoms with Gasteiger partial charge >= 0.3 is 12.0 Å². The molecule has 6 heteroatoms. The van der Waals surface area contributed by atoms with Gasteiger partial charge in [0.1, 0.15) is 0 Å². The molecule has 0 aromatic rings. The van der Waals surface area contributed by atoms with Gasteiger partial charge in [0.05, 0.1) is 18.6 Å². The Kier molecular flexibility index (Phi) is 6.45. The summed E-state index contributed by atoms with van der Waals surface area (Å²) in [4.78, 5) is 23.5. The third-order valence-corrected chi connectivity index (χ3v) is 3.82. The van der Waals surface area contributed by atoms with Gasteiger partial charge in [0.25, 0.3) is 0 Å². The third kappa shape index (κ3) is 5.53. The zero-order chi connectivity index (χ0) is 16.0. The minimum atomic E-state index is -0.734. The molecule has 0 spiro atoms. The van der Waals surface area contributed by atoms with Crippen LogP contribution in [0.15, 0.2) is 0 Å². The lowest BCUT2D eigenvalue weighted by Gasteiger charge is -2.32. The maximum atomic E-state index is 11.9. The molecule has 122 valence electrons. The lowest BCUT2D eigenvalue weighted by molar-refractivity contribution is -0.150. The third-order valence-electron chi connectivity index (χ3n) is 3.82. The average molecular weight is 300 g/mol. The molecule has 1 fully saturated rings. The van der Waals surface area contributed by atoms with Crippen molar-refractivity contribution < 1.29 is 19.1 Å². The van der Waals surface area contributed by atoms with Gasteiger partial charge in [-0.1, -0.05) is 13.8 Å². The van der Waals surface area contributed by atoms with Gasteiger partial charge in [0, 0.05) is 19.2 Å². The van der Waals surface area contributed by atoms with Gasteiger partial charge in [-0.15, -0.1) is 0 Å². The Morgan fingerprint density at radius 3 is 2.62 bits per heavy atom. The molecular formula is C15H28N2O4. The monoisotopic (exact) mass is 300 g/mol. The molecule has 2 unspecified atom stereocenters. The highest BCUT2D eigenvalue weighted by Crippen LogP contribution is 2.20. The molecule has 2 atom stereocenters. The summed E-state index contributed by atoms with van der Waals surface area (Å²) in [5.74, 6) is 0.102. The average Bonchev–Trinajstić information content (AvgIpc) is 2.44. The predicted octanol–water partition coefficient (Wildman–Crippen LogP) is 1.69. The van der Waals surface area contributed by atoms with Crippen LogP contribution in [0.2, 0.25) is 0 Å². The van der Waals surface area contributed by atoms with Crippen LogP contribution in [0.1, 0.15) is 40.5 Å². The van der Waals surface area contributed by atoms with Crippen LogP contribution in [-0.2, 0) is 14.3 Å². The largest absolute Gasteiger partial charge is 0.469 e. The summed E-state index contributed by atoms with van der Waals surface area (Å²) >= 11 is 0. The number of nitrogens with one attached hydrogen (secondary N) is 2. The zero-order valence-electron chi connectivity index (χ0n) is 13.7. The molecule has 2 N–H and O–H groups in total. The van der Waals surface area contributed by atoms with E-state index < -0.39 is 5.41 Å². The van der Waals surface area contributed by atoms with Crippen molar-refractivity contribution in [3.8, 4) is 0 Å². The smallest absolute Gasteiger partial charge is 0.315 e. The number of esters is 1. The number of carbonyl (C=O) groups is 2. The first-order chi connectivity index (χ1) is 9.76. The molecule has 1 saturated heterocycles. The van der Waals surface area contributed by atoms with Crippen LogP contribution >= 0.6 is 0 Å². The second-order valence-corrected chi connectivity index (χ2v) is 6.58. The quantitative estimate of drug-likeness (QED) is 0.758. The van der Waals surface area contributed by atoms with E-state index in [0.717, 1.165) is 12.8 Å². The van der Waals surface area contributed by atoms with Crippen LogP contribution in [0, 0.1) is 11.3 Å². The summed E-state index contributed by atoms with van der Waals surface area (Å²) in [6.07, 6.45) is 1.83. The number of hydrogen-bond donors (Lipinski definition) is 2. The Morgan fingerprint density at radius 1 is 1.38 bits per heavy atom. The number of urea groups is 1. The molecule has 0 aliphatic carbocycles. The minimum absolute atomic E-state index is 0.118. The van der Waals surface area contributed by atoms with Crippen LogP contribution in [0.5, 0.6) is 0 Å². The summed E-state index contributed by atoms with van der Waals surface area (Å²) < 4.78 is 10.4. The molecule has 0 radical (unpaired) electrons. The van der Waals surface area contributed by atoms with Crippen LogP contribution < -0.4 is 10.6 Å². The van der Waals surface area contributed by atoms with Gasteiger partial charge in [-0.2, -0.15) is 0 Å². The molecule has 0 aromatic carbocycles. The highest BCUT2D eigenvalue weighted by molar-refractivity contribution is 5.78. The topological polar surface area (TPSA) is 76.7 Å². The Bertz CT molecular complexity index is 369. The van der Waals surface area contributed by atoms with E-state index in [1.165, 1.54) is 7.11 Å². The molecule has 6 nitrogen and oxygen atoms in total. The van der Waals surface area contributed by atoms with Crippen molar-refractivity contribution in [2.75, 3.05) is 20.3 Å². The molecule has 1 rings (SSSR count). The Hall–Kier alpha value is -1.30. The maximum absolute atomic E-state index is 11.9. The van der Waals surface area contributed by atoms with E-state index in [-0.39, 0.29) is 30.7 Å². The van der Waals surface area contributed by atoms with Crippen molar-refractivity contribution in [2.45, 2.75) is 52.7 Å². The fourth-order valence-electron chi connectivity index (χ4n) is 2.31. The highest BCUT2D eigenvalue weighted by atomic mass is 16.5. The van der Waals surface area contributed by atoms with E-state index in [9.17, 15) is 9.59 Å². The van der Waals surface area contributed by atoms with Gasteiger partial charge < -0.3 is 20.1 Å². The van der Waals surface area contributed by atoms with Crippen molar-refractivity contribution >= 4 is 12.0 Å². The molecule has 1 aliphatic rings. The van der Waals surface area contributed by atoms with E-state index in [4.69, 9.17) is 9.47 Å². The van der Waals surface area contributed by atoms with Gasteiger partial charge in [-0.05, 0) is 32.6 Å². The van der Waals surface area contributed by atoms with Crippen molar-refractivity contribution in [3.05, 3.63) is 0 Å². The van der Waals surface area contributed by atoms with Crippen molar-refractivity contribution in [2.24, 2.45) is 11.3 Å². The summed E-state index contributed by atoms with van der Waals surface area (Å²) in [6, 6.07) is -0.131. The zero-order valence-corrected chi connectivity index (χ0v) is 13.7. The molecule has 0 saturated carbocycles. The fourth-order valence-corrected chi connectivity index (χ4v) is 2.31. The number of rotatable bonds is 5. The maximum Gasteiger partial charge on any atom is 0.315 e. The highest BCUT2D eigenvalue weighted by Gasteiger charge is 2.30. The van der Waals surface area contributed by atoms with Crippen LogP contribution in [0.3, 0.4) is 0 Å². The molecule has 2 amide bonds. The Labute approximate surface area is 126 Å². The lowest BCUT2D eigenvalue weighted by Crippen LogP contribution is -2.49. The lowest BCUT2D eigenvalue weighted by atomic mass is 9.94. The Balaban J connectivity index is 2.38. The van der Waals surface area contributed by atoms with Crippen molar-refractivity contribution in [1.29, 1.82) is 0 Å². The van der Waals surface area contributed by atoms with E-state index >= 15 is 0 Å². The standard InChI is InChI=1S/C15H28N2O4/c1-10(2)12-8-11(6-7-21-12)17-14(19)16-9-15(3,4)13(18)20-5/h10-12H,6-9H2,1-5H3,(H2,16,17,19). The SMILES string of the molecule is COC(=O)C(C)(C)CNC(=O)NC1CCOC(C(C)C)C1. The molecule has 21 heavy (non-hydrogen) atoms. The molecule has 1 heterocycles. The van der Waals surface area contributed by atoms with Crippen LogP contribution in [0.4, 0.5) is 4.79 Å². The summed E-state index contributed by atoms with van der Waals surface area (Å²) in [5, 5.41) is 5.69. The minimum Gasteiger partial charge on any atom is -0.469 e. The summed E-state index contributed by atoms with van der Waals surface area (Å²) in [5.41, 5.74) is -0.734. The second-order valence-electron chi connectivity index (χ2n) is 6.58. The second kappa shape index (κ2) is 7.64. The molecule has 0 bridgehead atoms. The van der Waals surface area contributed by atoms with Crippen molar-refractivity contribution in [3.63, 3.8) is 0 Å². The number of methoxy groups -OCH3 is 1. The first-order valence-corrected chi connectivity index (χ1v) is 7.50. The normalized spacial score (nSPS) is 22.8. The first kappa shape index (κ1) is 17.8. The van der Waals surface area contributed by atoms with E-state index in [1.54, 1.807) is 13.8 Å². The number of hydrogen-bond acceptors (Lipinski definition) is 4. The van der Waals surface area contributed by atoms with Crippen LogP contribution in [0.25, 0.3) is 0 Å². The van der Waals surface area contributed by atoms with Gasteiger partial charge in [0.15, 0.2) is 0 Å². The van der Waals surface area contributed by atoms with Gasteiger partial charge in [-0.25, -0.2) is 4.79 Å². The van der Waals surface area contributed by atoms with Gasteiger partial charge in [-0.3, -0.25) is 4.79 Å². The fraction of sp³-hybridized carbons (Fsp3) is 0.867. The van der Waals surface area contributed by atoms with Crippen LogP contribution in [-0.4, -0.2) is 44.4 Å². The van der Waals surface area contributed by atoms with E-state index in [2.05, 4.69) is 24.5 Å².